The van der Waals surface area contributed by atoms with Crippen LogP contribution in [0.5, 0.6) is 0 Å². The normalized spacial score (nSPS) is 12.2. The summed E-state index contributed by atoms with van der Waals surface area (Å²) in [5, 5.41) is 4.55. The van der Waals surface area contributed by atoms with Crippen LogP contribution in [0.1, 0.15) is 18.5 Å². The van der Waals surface area contributed by atoms with Crippen molar-refractivity contribution in [2.24, 2.45) is 0 Å². The Kier molecular flexibility index (Phi) is 4.49. The Labute approximate surface area is 124 Å². The average Bonchev–Trinajstić information content (AvgIpc) is 2.34. The second-order valence-corrected chi connectivity index (χ2v) is 5.56. The number of benzene rings is 1. The zero-order valence-corrected chi connectivity index (χ0v) is 12.7. The van der Waals surface area contributed by atoms with Crippen LogP contribution >= 0.6 is 39.1 Å². The third-order valence-corrected chi connectivity index (χ3v) is 3.94. The number of anilines is 1. The molecule has 18 heavy (non-hydrogen) atoms. The first-order chi connectivity index (χ1) is 8.56. The van der Waals surface area contributed by atoms with Gasteiger partial charge in [0.2, 0.25) is 0 Å². The molecule has 2 nitrogen and oxygen atoms in total. The van der Waals surface area contributed by atoms with Gasteiger partial charge in [-0.15, -0.1) is 0 Å². The van der Waals surface area contributed by atoms with Crippen LogP contribution < -0.4 is 5.32 Å². The molecule has 0 bridgehead atoms. The van der Waals surface area contributed by atoms with E-state index in [1.54, 1.807) is 6.20 Å². The maximum absolute atomic E-state index is 5.86. The largest absolute Gasteiger partial charge is 0.377 e. The van der Waals surface area contributed by atoms with E-state index in [4.69, 9.17) is 23.2 Å². The summed E-state index contributed by atoms with van der Waals surface area (Å²) >= 11 is 15.1. The van der Waals surface area contributed by atoms with E-state index in [1.807, 2.05) is 30.3 Å². The minimum Gasteiger partial charge on any atom is -0.377 e. The molecule has 0 aliphatic rings. The van der Waals surface area contributed by atoms with E-state index < -0.39 is 0 Å². The number of hydrogen-bond donors (Lipinski definition) is 1. The van der Waals surface area contributed by atoms with Crippen LogP contribution in [-0.2, 0) is 0 Å². The van der Waals surface area contributed by atoms with Crippen molar-refractivity contribution in [2.75, 3.05) is 5.32 Å². The van der Waals surface area contributed by atoms with Crippen molar-refractivity contribution in [3.63, 3.8) is 0 Å². The zero-order chi connectivity index (χ0) is 13.1. The first-order valence-electron chi connectivity index (χ1n) is 5.39. The predicted octanol–water partition coefficient (Wildman–Crippen LogP) is 5.32. The summed E-state index contributed by atoms with van der Waals surface area (Å²) in [6, 6.07) is 9.83. The van der Waals surface area contributed by atoms with Crippen LogP contribution in [0, 0.1) is 0 Å². The van der Waals surface area contributed by atoms with E-state index in [0.717, 1.165) is 20.7 Å². The van der Waals surface area contributed by atoms with Crippen molar-refractivity contribution in [1.82, 2.24) is 4.98 Å². The molecule has 0 radical (unpaired) electrons. The van der Waals surface area contributed by atoms with Crippen LogP contribution in [0.2, 0.25) is 10.2 Å². The molecule has 1 N–H and O–H groups in total. The molecule has 1 unspecified atom stereocenters. The van der Waals surface area contributed by atoms with Gasteiger partial charge in [-0.2, -0.15) is 0 Å². The molecule has 0 spiro atoms. The van der Waals surface area contributed by atoms with Crippen LogP contribution in [0.4, 0.5) is 5.69 Å². The van der Waals surface area contributed by atoms with Gasteiger partial charge in [0, 0.05) is 11.1 Å². The van der Waals surface area contributed by atoms with Gasteiger partial charge < -0.3 is 5.32 Å². The maximum atomic E-state index is 5.86. The lowest BCUT2D eigenvalue weighted by atomic mass is 10.1. The van der Waals surface area contributed by atoms with E-state index in [9.17, 15) is 0 Å². The van der Waals surface area contributed by atoms with E-state index in [0.29, 0.717) is 5.15 Å². The Balaban J connectivity index is 2.13. The van der Waals surface area contributed by atoms with E-state index in [1.165, 1.54) is 0 Å². The summed E-state index contributed by atoms with van der Waals surface area (Å²) in [6.07, 6.45) is 1.71. The molecule has 0 aliphatic heterocycles. The Morgan fingerprint density at radius 3 is 2.50 bits per heavy atom. The van der Waals surface area contributed by atoms with Gasteiger partial charge in [0.05, 0.1) is 16.4 Å². The Morgan fingerprint density at radius 2 is 1.89 bits per heavy atom. The highest BCUT2D eigenvalue weighted by Crippen LogP contribution is 2.26. The number of halogens is 3. The van der Waals surface area contributed by atoms with Crippen LogP contribution in [0.15, 0.2) is 41.0 Å². The number of nitrogens with one attached hydrogen (secondary N) is 1. The van der Waals surface area contributed by atoms with Gasteiger partial charge in [-0.1, -0.05) is 35.3 Å². The van der Waals surface area contributed by atoms with Crippen molar-refractivity contribution in [2.45, 2.75) is 13.0 Å². The van der Waals surface area contributed by atoms with E-state index in [2.05, 4.69) is 33.2 Å². The van der Waals surface area contributed by atoms with Crippen molar-refractivity contribution in [3.8, 4) is 0 Å². The molecule has 94 valence electrons. The fraction of sp³-hybridized carbons (Fsp3) is 0.154. The van der Waals surface area contributed by atoms with Crippen molar-refractivity contribution in [3.05, 3.63) is 56.7 Å². The molecule has 0 aliphatic carbocycles. The van der Waals surface area contributed by atoms with Crippen LogP contribution in [-0.4, -0.2) is 4.98 Å². The first kappa shape index (κ1) is 13.7. The highest BCUT2D eigenvalue weighted by atomic mass is 79.9. The molecule has 2 rings (SSSR count). The molecule has 0 saturated heterocycles. The standard InChI is InChI=1S/C13H11BrCl2N2/c1-8(9-2-4-10(15)5-3-9)18-11-6-12(14)13(16)17-7-11/h2-8,18H,1H3. The SMILES string of the molecule is CC(Nc1cnc(Cl)c(Br)c1)c1ccc(Cl)cc1. The first-order valence-corrected chi connectivity index (χ1v) is 6.94. The van der Waals surface area contributed by atoms with Gasteiger partial charge in [-0.3, -0.25) is 0 Å². The molecule has 1 aromatic heterocycles. The van der Waals surface area contributed by atoms with Gasteiger partial charge in [0.1, 0.15) is 5.15 Å². The van der Waals surface area contributed by atoms with Crippen molar-refractivity contribution in [1.29, 1.82) is 0 Å². The highest BCUT2D eigenvalue weighted by molar-refractivity contribution is 9.10. The molecule has 0 amide bonds. The molecule has 0 fully saturated rings. The van der Waals surface area contributed by atoms with Crippen molar-refractivity contribution < 1.29 is 0 Å². The Bertz CT molecular complexity index is 543. The van der Waals surface area contributed by atoms with Crippen LogP contribution in [0.25, 0.3) is 0 Å². The molecular weight excluding hydrogens is 335 g/mol. The van der Waals surface area contributed by atoms with Crippen LogP contribution in [0.3, 0.4) is 0 Å². The monoisotopic (exact) mass is 344 g/mol. The molecule has 0 saturated carbocycles. The number of nitrogens with zero attached hydrogens (tertiary/aromatic N) is 1. The summed E-state index contributed by atoms with van der Waals surface area (Å²) in [6.45, 7) is 2.08. The van der Waals surface area contributed by atoms with Gasteiger partial charge in [-0.05, 0) is 46.6 Å². The summed E-state index contributed by atoms with van der Waals surface area (Å²) < 4.78 is 0.775. The van der Waals surface area contributed by atoms with Gasteiger partial charge in [0.25, 0.3) is 0 Å². The molecule has 1 aromatic carbocycles. The summed E-state index contributed by atoms with van der Waals surface area (Å²) in [4.78, 5) is 4.07. The third-order valence-electron chi connectivity index (χ3n) is 2.55. The van der Waals surface area contributed by atoms with E-state index >= 15 is 0 Å². The van der Waals surface area contributed by atoms with Gasteiger partial charge in [-0.25, -0.2) is 4.98 Å². The maximum Gasteiger partial charge on any atom is 0.143 e. The second-order valence-electron chi connectivity index (χ2n) is 3.91. The highest BCUT2D eigenvalue weighted by Gasteiger charge is 2.07. The smallest absolute Gasteiger partial charge is 0.143 e. The quantitative estimate of drug-likeness (QED) is 0.761. The lowest BCUT2D eigenvalue weighted by Gasteiger charge is -2.15. The van der Waals surface area contributed by atoms with Crippen molar-refractivity contribution >= 4 is 44.8 Å². The second kappa shape index (κ2) is 5.91. The Morgan fingerprint density at radius 1 is 1.22 bits per heavy atom. The number of rotatable bonds is 3. The Hall–Kier alpha value is -0.770. The molecule has 1 atom stereocenters. The summed E-state index contributed by atoms with van der Waals surface area (Å²) in [5.41, 5.74) is 2.07. The summed E-state index contributed by atoms with van der Waals surface area (Å²) in [5.74, 6) is 0. The van der Waals surface area contributed by atoms with Gasteiger partial charge >= 0.3 is 0 Å². The number of pyridine rings is 1. The summed E-state index contributed by atoms with van der Waals surface area (Å²) in [7, 11) is 0. The molecule has 2 aromatic rings. The zero-order valence-electron chi connectivity index (χ0n) is 9.62. The third kappa shape index (κ3) is 3.37. The fourth-order valence-corrected chi connectivity index (χ4v) is 2.16. The topological polar surface area (TPSA) is 24.9 Å². The average molecular weight is 346 g/mol. The number of hydrogen-bond acceptors (Lipinski definition) is 2. The minimum atomic E-state index is 0.164. The van der Waals surface area contributed by atoms with Gasteiger partial charge in [0.15, 0.2) is 0 Å². The predicted molar refractivity (Wildman–Crippen MR) is 80.4 cm³/mol. The molecule has 1 heterocycles. The molecular formula is C13H11BrCl2N2. The molecule has 5 heteroatoms. The number of aromatic nitrogens is 1. The lowest BCUT2D eigenvalue weighted by Crippen LogP contribution is -2.06. The lowest BCUT2D eigenvalue weighted by molar-refractivity contribution is 0.883. The minimum absolute atomic E-state index is 0.164. The fourth-order valence-electron chi connectivity index (χ4n) is 1.58. The van der Waals surface area contributed by atoms with E-state index in [-0.39, 0.29) is 6.04 Å².